The summed E-state index contributed by atoms with van der Waals surface area (Å²) in [6, 6.07) is 3.63. The summed E-state index contributed by atoms with van der Waals surface area (Å²) < 4.78 is 5.06. The second-order valence-electron chi connectivity index (χ2n) is 8.56. The minimum Gasteiger partial charge on any atom is -0.361 e. The van der Waals surface area contributed by atoms with Crippen molar-refractivity contribution in [2.75, 3.05) is 5.32 Å². The monoisotopic (exact) mass is 385 g/mol. The van der Waals surface area contributed by atoms with Gasteiger partial charge in [-0.3, -0.25) is 14.7 Å². The lowest BCUT2D eigenvalue weighted by Crippen LogP contribution is -2.35. The maximum absolute atomic E-state index is 12.2. The summed E-state index contributed by atoms with van der Waals surface area (Å²) in [4.78, 5) is 24.3. The van der Waals surface area contributed by atoms with Crippen LogP contribution in [-0.4, -0.2) is 32.7 Å². The van der Waals surface area contributed by atoms with Crippen molar-refractivity contribution in [3.05, 3.63) is 29.3 Å². The van der Waals surface area contributed by atoms with Crippen LogP contribution in [0.2, 0.25) is 0 Å². The number of carbonyl (C=O) groups is 2. The average molecular weight is 385 g/mol. The Morgan fingerprint density at radius 1 is 1.29 bits per heavy atom. The Morgan fingerprint density at radius 3 is 2.82 bits per heavy atom. The number of aromatic amines is 1. The molecule has 4 rings (SSSR count). The van der Waals surface area contributed by atoms with E-state index in [0.29, 0.717) is 29.8 Å². The summed E-state index contributed by atoms with van der Waals surface area (Å²) in [5.41, 5.74) is 1.82. The molecule has 2 aliphatic carbocycles. The topological polar surface area (TPSA) is 113 Å². The van der Waals surface area contributed by atoms with Gasteiger partial charge in [0.25, 0.3) is 0 Å². The van der Waals surface area contributed by atoms with Gasteiger partial charge in [0.2, 0.25) is 11.8 Å². The standard InChI is InChI=1S/C20H27N5O3/c1-12-7-15(28-25-12)10-18(26)21-17-11-16(23-24-17)14-4-3-13(8-14)9-19(27)22-20(2)5-6-20/h7,11,13-14H,3-6,8-10H2,1-2H3,(H,22,27)(H2,21,23,24,26)/t13-,14+/m0/s1. The van der Waals surface area contributed by atoms with E-state index < -0.39 is 0 Å². The molecule has 2 aromatic rings. The van der Waals surface area contributed by atoms with Gasteiger partial charge in [0, 0.05) is 35.7 Å². The van der Waals surface area contributed by atoms with Crippen molar-refractivity contribution in [3.8, 4) is 0 Å². The Kier molecular flexibility index (Phi) is 4.95. The first kappa shape index (κ1) is 18.7. The first-order valence-corrected chi connectivity index (χ1v) is 9.97. The van der Waals surface area contributed by atoms with Gasteiger partial charge < -0.3 is 15.2 Å². The quantitative estimate of drug-likeness (QED) is 0.678. The molecule has 0 aliphatic heterocycles. The zero-order chi connectivity index (χ0) is 19.7. The fraction of sp³-hybridized carbons (Fsp3) is 0.600. The molecule has 150 valence electrons. The van der Waals surface area contributed by atoms with E-state index in [0.717, 1.165) is 43.5 Å². The van der Waals surface area contributed by atoms with Crippen LogP contribution in [0.5, 0.6) is 0 Å². The van der Waals surface area contributed by atoms with Crippen LogP contribution in [0, 0.1) is 12.8 Å². The molecule has 2 heterocycles. The van der Waals surface area contributed by atoms with Gasteiger partial charge in [-0.25, -0.2) is 0 Å². The number of amides is 2. The van der Waals surface area contributed by atoms with Gasteiger partial charge in [0.05, 0.1) is 12.1 Å². The molecule has 0 unspecified atom stereocenters. The van der Waals surface area contributed by atoms with E-state index in [-0.39, 0.29) is 23.8 Å². The molecule has 2 atom stereocenters. The van der Waals surface area contributed by atoms with Crippen LogP contribution in [-0.2, 0) is 16.0 Å². The van der Waals surface area contributed by atoms with Gasteiger partial charge in [0.1, 0.15) is 5.76 Å². The molecule has 0 saturated heterocycles. The fourth-order valence-electron chi connectivity index (χ4n) is 3.96. The van der Waals surface area contributed by atoms with Crippen LogP contribution in [0.4, 0.5) is 5.82 Å². The largest absolute Gasteiger partial charge is 0.361 e. The number of aryl methyl sites for hydroxylation is 1. The lowest BCUT2D eigenvalue weighted by Gasteiger charge is -2.14. The number of hydrogen-bond acceptors (Lipinski definition) is 5. The molecule has 2 amide bonds. The molecule has 0 aromatic carbocycles. The SMILES string of the molecule is Cc1cc(CC(=O)Nc2cc([C@@H]3CC[C@H](CC(=O)NC4(C)CC4)C3)[nH]n2)on1. The Balaban J connectivity index is 1.26. The van der Waals surface area contributed by atoms with Gasteiger partial charge in [0.15, 0.2) is 5.82 Å². The van der Waals surface area contributed by atoms with E-state index in [9.17, 15) is 9.59 Å². The van der Waals surface area contributed by atoms with Crippen LogP contribution >= 0.6 is 0 Å². The van der Waals surface area contributed by atoms with Crippen molar-refractivity contribution in [3.63, 3.8) is 0 Å². The minimum atomic E-state index is -0.191. The smallest absolute Gasteiger partial charge is 0.233 e. The summed E-state index contributed by atoms with van der Waals surface area (Å²) in [6.07, 6.45) is 5.94. The molecule has 0 bridgehead atoms. The Labute approximate surface area is 163 Å². The molecule has 2 aromatic heterocycles. The van der Waals surface area contributed by atoms with Gasteiger partial charge in [-0.05, 0) is 51.9 Å². The van der Waals surface area contributed by atoms with Crippen LogP contribution in [0.1, 0.15) is 68.5 Å². The zero-order valence-corrected chi connectivity index (χ0v) is 16.4. The van der Waals surface area contributed by atoms with Crippen LogP contribution in [0.15, 0.2) is 16.7 Å². The highest BCUT2D eigenvalue weighted by molar-refractivity contribution is 5.91. The van der Waals surface area contributed by atoms with E-state index in [1.54, 1.807) is 6.07 Å². The number of rotatable bonds is 7. The predicted molar refractivity (Wildman–Crippen MR) is 103 cm³/mol. The second kappa shape index (κ2) is 7.41. The second-order valence-corrected chi connectivity index (χ2v) is 8.56. The molecule has 8 heteroatoms. The molecule has 3 N–H and O–H groups in total. The van der Waals surface area contributed by atoms with Crippen LogP contribution < -0.4 is 10.6 Å². The number of carbonyl (C=O) groups excluding carboxylic acids is 2. The summed E-state index contributed by atoms with van der Waals surface area (Å²) >= 11 is 0. The van der Waals surface area contributed by atoms with Crippen molar-refractivity contribution in [2.24, 2.45) is 5.92 Å². The number of nitrogens with zero attached hydrogens (tertiary/aromatic N) is 2. The summed E-state index contributed by atoms with van der Waals surface area (Å²) in [5.74, 6) is 1.78. The molecular weight excluding hydrogens is 358 g/mol. The molecule has 0 radical (unpaired) electrons. The first-order chi connectivity index (χ1) is 13.4. The molecule has 2 saturated carbocycles. The highest BCUT2D eigenvalue weighted by Gasteiger charge is 2.39. The van der Waals surface area contributed by atoms with Crippen molar-refractivity contribution >= 4 is 17.6 Å². The summed E-state index contributed by atoms with van der Waals surface area (Å²) in [7, 11) is 0. The van der Waals surface area contributed by atoms with Crippen molar-refractivity contribution in [2.45, 2.75) is 70.3 Å². The van der Waals surface area contributed by atoms with Crippen molar-refractivity contribution < 1.29 is 14.1 Å². The maximum atomic E-state index is 12.2. The van der Waals surface area contributed by atoms with Crippen molar-refractivity contribution in [1.29, 1.82) is 0 Å². The van der Waals surface area contributed by atoms with Gasteiger partial charge in [-0.2, -0.15) is 5.10 Å². The lowest BCUT2D eigenvalue weighted by atomic mass is 9.99. The van der Waals surface area contributed by atoms with Crippen LogP contribution in [0.3, 0.4) is 0 Å². The van der Waals surface area contributed by atoms with Gasteiger partial charge in [-0.1, -0.05) is 5.16 Å². The predicted octanol–water partition coefficient (Wildman–Crippen LogP) is 2.83. The molecule has 2 aliphatic rings. The molecule has 8 nitrogen and oxygen atoms in total. The van der Waals surface area contributed by atoms with E-state index in [1.165, 1.54) is 0 Å². The van der Waals surface area contributed by atoms with E-state index in [1.807, 2.05) is 13.0 Å². The Hall–Kier alpha value is -2.64. The normalized spacial score (nSPS) is 22.8. The van der Waals surface area contributed by atoms with Crippen molar-refractivity contribution in [1.82, 2.24) is 20.7 Å². The average Bonchev–Trinajstić information content (AvgIpc) is 3.05. The lowest BCUT2D eigenvalue weighted by molar-refractivity contribution is -0.122. The van der Waals surface area contributed by atoms with E-state index in [2.05, 4.69) is 32.9 Å². The minimum absolute atomic E-state index is 0.0516. The highest BCUT2D eigenvalue weighted by Crippen LogP contribution is 2.40. The number of anilines is 1. The summed E-state index contributed by atoms with van der Waals surface area (Å²) in [6.45, 7) is 3.92. The molecule has 0 spiro atoms. The zero-order valence-electron chi connectivity index (χ0n) is 16.4. The third-order valence-corrected chi connectivity index (χ3v) is 5.77. The third kappa shape index (κ3) is 4.61. The number of aromatic nitrogens is 3. The fourth-order valence-corrected chi connectivity index (χ4v) is 3.96. The number of hydrogen-bond donors (Lipinski definition) is 3. The Morgan fingerprint density at radius 2 is 2.11 bits per heavy atom. The van der Waals surface area contributed by atoms with E-state index >= 15 is 0 Å². The number of nitrogens with one attached hydrogen (secondary N) is 3. The molecule has 28 heavy (non-hydrogen) atoms. The first-order valence-electron chi connectivity index (χ1n) is 9.97. The maximum Gasteiger partial charge on any atom is 0.233 e. The Bertz CT molecular complexity index is 867. The molecular formula is C20H27N5O3. The van der Waals surface area contributed by atoms with E-state index in [4.69, 9.17) is 4.52 Å². The summed E-state index contributed by atoms with van der Waals surface area (Å²) in [5, 5.41) is 17.0. The molecule has 2 fully saturated rings. The highest BCUT2D eigenvalue weighted by atomic mass is 16.5. The third-order valence-electron chi connectivity index (χ3n) is 5.77. The van der Waals surface area contributed by atoms with Crippen LogP contribution in [0.25, 0.3) is 0 Å². The van der Waals surface area contributed by atoms with Gasteiger partial charge in [-0.15, -0.1) is 0 Å². The number of H-pyrrole nitrogens is 1. The van der Waals surface area contributed by atoms with Gasteiger partial charge >= 0.3 is 0 Å².